The second-order valence-electron chi connectivity index (χ2n) is 5.04. The predicted molar refractivity (Wildman–Crippen MR) is 84.0 cm³/mol. The van der Waals surface area contributed by atoms with Gasteiger partial charge in [-0.05, 0) is 11.1 Å². The average molecular weight is 297 g/mol. The minimum absolute atomic E-state index is 0.199. The van der Waals surface area contributed by atoms with Crippen molar-refractivity contribution in [2.45, 2.75) is 26.0 Å². The normalized spacial score (nSPS) is 11.5. The zero-order valence-electron chi connectivity index (χ0n) is 12.5. The molecular weight excluding hydrogens is 278 g/mol. The van der Waals surface area contributed by atoms with Crippen LogP contribution in [0.15, 0.2) is 60.7 Å². The smallest absolute Gasteiger partial charge is 0.329 e. The van der Waals surface area contributed by atoms with Crippen LogP contribution < -0.4 is 5.32 Å². The molecule has 0 aliphatic heterocycles. The fraction of sp³-hybridized carbons (Fsp3) is 0.222. The van der Waals surface area contributed by atoms with E-state index in [9.17, 15) is 9.59 Å². The molecule has 2 rings (SSSR count). The molecule has 0 saturated heterocycles. The van der Waals surface area contributed by atoms with E-state index in [-0.39, 0.29) is 12.5 Å². The van der Waals surface area contributed by atoms with Gasteiger partial charge in [0, 0.05) is 13.3 Å². The van der Waals surface area contributed by atoms with Gasteiger partial charge in [-0.25, -0.2) is 4.79 Å². The highest BCUT2D eigenvalue weighted by atomic mass is 16.5. The maximum atomic E-state index is 12.2. The summed E-state index contributed by atoms with van der Waals surface area (Å²) in [5.41, 5.74) is 1.88. The number of benzene rings is 2. The maximum absolute atomic E-state index is 12.2. The first-order valence-corrected chi connectivity index (χ1v) is 7.17. The Labute approximate surface area is 130 Å². The summed E-state index contributed by atoms with van der Waals surface area (Å²) in [5, 5.41) is 2.65. The Morgan fingerprint density at radius 1 is 0.955 bits per heavy atom. The monoisotopic (exact) mass is 297 g/mol. The van der Waals surface area contributed by atoms with Crippen LogP contribution in [0.1, 0.15) is 18.1 Å². The Bertz CT molecular complexity index is 611. The number of hydrogen-bond donors (Lipinski definition) is 1. The molecule has 0 aliphatic carbocycles. The van der Waals surface area contributed by atoms with Crippen molar-refractivity contribution in [3.8, 4) is 0 Å². The van der Waals surface area contributed by atoms with Gasteiger partial charge in [0.05, 0.1) is 0 Å². The second kappa shape index (κ2) is 7.98. The first-order valence-electron chi connectivity index (χ1n) is 7.17. The van der Waals surface area contributed by atoms with Crippen LogP contribution in [0.3, 0.4) is 0 Å². The number of amides is 1. The van der Waals surface area contributed by atoms with Crippen molar-refractivity contribution in [1.82, 2.24) is 5.32 Å². The van der Waals surface area contributed by atoms with Gasteiger partial charge in [-0.1, -0.05) is 60.7 Å². The first kappa shape index (κ1) is 15.8. The molecule has 0 fully saturated rings. The third kappa shape index (κ3) is 5.05. The molecule has 2 aromatic carbocycles. The van der Waals surface area contributed by atoms with Crippen molar-refractivity contribution in [2.24, 2.45) is 0 Å². The molecule has 4 heteroatoms. The summed E-state index contributed by atoms with van der Waals surface area (Å²) in [4.78, 5) is 23.5. The molecule has 2 aromatic rings. The highest BCUT2D eigenvalue weighted by Crippen LogP contribution is 2.07. The van der Waals surface area contributed by atoms with Crippen LogP contribution in [0.4, 0.5) is 0 Å². The molecule has 1 amide bonds. The van der Waals surface area contributed by atoms with Crippen molar-refractivity contribution in [3.05, 3.63) is 71.8 Å². The van der Waals surface area contributed by atoms with Crippen LogP contribution in [-0.4, -0.2) is 17.9 Å². The number of hydrogen-bond acceptors (Lipinski definition) is 3. The Morgan fingerprint density at radius 3 is 2.05 bits per heavy atom. The van der Waals surface area contributed by atoms with Gasteiger partial charge in [0.15, 0.2) is 0 Å². The van der Waals surface area contributed by atoms with E-state index in [1.54, 1.807) is 0 Å². The Balaban J connectivity index is 1.98. The maximum Gasteiger partial charge on any atom is 0.329 e. The molecule has 0 aliphatic rings. The summed E-state index contributed by atoms with van der Waals surface area (Å²) >= 11 is 0. The first-order chi connectivity index (χ1) is 10.6. The van der Waals surface area contributed by atoms with Gasteiger partial charge in [0.2, 0.25) is 5.91 Å². The van der Waals surface area contributed by atoms with Crippen LogP contribution in [-0.2, 0) is 27.4 Å². The zero-order valence-corrected chi connectivity index (χ0v) is 12.5. The molecule has 1 N–H and O–H groups in total. The standard InChI is InChI=1S/C18H19NO3/c1-14(20)19-17(12-15-8-4-2-5-9-15)18(21)22-13-16-10-6-3-7-11-16/h2-11,17H,12-13H2,1H3,(H,19,20)/t17-/m0/s1. The van der Waals surface area contributed by atoms with Crippen LogP contribution in [0.25, 0.3) is 0 Å². The van der Waals surface area contributed by atoms with Crippen molar-refractivity contribution in [1.29, 1.82) is 0 Å². The molecular formula is C18H19NO3. The Kier molecular flexibility index (Phi) is 5.72. The van der Waals surface area contributed by atoms with Gasteiger partial charge in [-0.15, -0.1) is 0 Å². The highest BCUT2D eigenvalue weighted by Gasteiger charge is 2.21. The summed E-state index contributed by atoms with van der Waals surface area (Å²) in [6.07, 6.45) is 0.411. The molecule has 0 heterocycles. The molecule has 0 radical (unpaired) electrons. The number of ether oxygens (including phenoxy) is 1. The van der Waals surface area contributed by atoms with E-state index in [4.69, 9.17) is 4.74 Å². The molecule has 0 spiro atoms. The predicted octanol–water partition coefficient (Wildman–Crippen LogP) is 2.48. The van der Waals surface area contributed by atoms with Gasteiger partial charge in [0.25, 0.3) is 0 Å². The minimum Gasteiger partial charge on any atom is -0.459 e. The topological polar surface area (TPSA) is 55.4 Å². The highest BCUT2D eigenvalue weighted by molar-refractivity contribution is 5.83. The molecule has 22 heavy (non-hydrogen) atoms. The second-order valence-corrected chi connectivity index (χ2v) is 5.04. The van der Waals surface area contributed by atoms with Crippen molar-refractivity contribution in [3.63, 3.8) is 0 Å². The van der Waals surface area contributed by atoms with E-state index in [2.05, 4.69) is 5.32 Å². The Morgan fingerprint density at radius 2 is 1.50 bits per heavy atom. The lowest BCUT2D eigenvalue weighted by Crippen LogP contribution is -2.42. The summed E-state index contributed by atoms with van der Waals surface area (Å²) < 4.78 is 5.31. The van der Waals surface area contributed by atoms with Gasteiger partial charge in [0.1, 0.15) is 12.6 Å². The molecule has 114 valence electrons. The fourth-order valence-corrected chi connectivity index (χ4v) is 2.12. The van der Waals surface area contributed by atoms with Crippen molar-refractivity contribution in [2.75, 3.05) is 0 Å². The van der Waals surface area contributed by atoms with Gasteiger partial charge < -0.3 is 10.1 Å². The van der Waals surface area contributed by atoms with E-state index in [0.29, 0.717) is 6.42 Å². The molecule has 4 nitrogen and oxygen atoms in total. The van der Waals surface area contributed by atoms with Gasteiger partial charge >= 0.3 is 5.97 Å². The van der Waals surface area contributed by atoms with Crippen LogP contribution in [0.2, 0.25) is 0 Å². The zero-order chi connectivity index (χ0) is 15.8. The van der Waals surface area contributed by atoms with E-state index in [1.165, 1.54) is 6.92 Å². The lowest BCUT2D eigenvalue weighted by molar-refractivity contribution is -0.149. The van der Waals surface area contributed by atoms with Crippen molar-refractivity contribution >= 4 is 11.9 Å². The van der Waals surface area contributed by atoms with E-state index >= 15 is 0 Å². The lowest BCUT2D eigenvalue weighted by atomic mass is 10.1. The SMILES string of the molecule is CC(=O)N[C@@H](Cc1ccccc1)C(=O)OCc1ccccc1. The van der Waals surface area contributed by atoms with Crippen LogP contribution in [0, 0.1) is 0 Å². The summed E-state index contributed by atoms with van der Waals surface area (Å²) in [7, 11) is 0. The number of nitrogens with one attached hydrogen (secondary N) is 1. The van der Waals surface area contributed by atoms with Crippen LogP contribution >= 0.6 is 0 Å². The number of carbonyl (C=O) groups is 2. The van der Waals surface area contributed by atoms with Crippen LogP contribution in [0.5, 0.6) is 0 Å². The third-order valence-electron chi connectivity index (χ3n) is 3.17. The van der Waals surface area contributed by atoms with E-state index in [0.717, 1.165) is 11.1 Å². The summed E-state index contributed by atoms with van der Waals surface area (Å²) in [6.45, 7) is 1.59. The lowest BCUT2D eigenvalue weighted by Gasteiger charge is -2.17. The Hall–Kier alpha value is -2.62. The molecule has 1 atom stereocenters. The third-order valence-corrected chi connectivity index (χ3v) is 3.17. The molecule has 0 unspecified atom stereocenters. The number of rotatable bonds is 6. The fourth-order valence-electron chi connectivity index (χ4n) is 2.12. The minimum atomic E-state index is -0.677. The van der Waals surface area contributed by atoms with E-state index < -0.39 is 12.0 Å². The number of carbonyl (C=O) groups excluding carboxylic acids is 2. The largest absolute Gasteiger partial charge is 0.459 e. The van der Waals surface area contributed by atoms with E-state index in [1.807, 2.05) is 60.7 Å². The van der Waals surface area contributed by atoms with Gasteiger partial charge in [-0.3, -0.25) is 4.79 Å². The van der Waals surface area contributed by atoms with Gasteiger partial charge in [-0.2, -0.15) is 0 Å². The molecule has 0 aromatic heterocycles. The quantitative estimate of drug-likeness (QED) is 0.833. The van der Waals surface area contributed by atoms with Crippen molar-refractivity contribution < 1.29 is 14.3 Å². The number of esters is 1. The summed E-state index contributed by atoms with van der Waals surface area (Å²) in [6, 6.07) is 18.3. The average Bonchev–Trinajstić information content (AvgIpc) is 2.53. The molecule has 0 bridgehead atoms. The summed E-state index contributed by atoms with van der Waals surface area (Å²) in [5.74, 6) is -0.680. The molecule has 0 saturated carbocycles.